The van der Waals surface area contributed by atoms with Crippen LogP contribution in [0.1, 0.15) is 6.42 Å². The van der Waals surface area contributed by atoms with Crippen molar-refractivity contribution in [3.05, 3.63) is 17.5 Å². The molecule has 1 atom stereocenters. The number of amides is 2. The summed E-state index contributed by atoms with van der Waals surface area (Å²) in [7, 11) is -2.21. The molecule has 0 aliphatic carbocycles. The van der Waals surface area contributed by atoms with E-state index in [0.29, 0.717) is 19.6 Å². The van der Waals surface area contributed by atoms with Crippen LogP contribution in [0.3, 0.4) is 0 Å². The van der Waals surface area contributed by atoms with Crippen LogP contribution >= 0.6 is 11.3 Å². The fourth-order valence-electron chi connectivity index (χ4n) is 2.24. The summed E-state index contributed by atoms with van der Waals surface area (Å²) in [5.74, 6) is -1.65. The first-order chi connectivity index (χ1) is 12.0. The van der Waals surface area contributed by atoms with Gasteiger partial charge in [-0.2, -0.15) is 4.31 Å². The van der Waals surface area contributed by atoms with Gasteiger partial charge in [0.1, 0.15) is 10.4 Å². The predicted molar refractivity (Wildman–Crippen MR) is 90.5 cm³/mol. The van der Waals surface area contributed by atoms with Gasteiger partial charge in [-0.25, -0.2) is 8.42 Å². The fourth-order valence-corrected chi connectivity index (χ4v) is 4.92. The first kappa shape index (κ1) is 19.8. The number of ether oxygens (including phenoxy) is 2. The zero-order valence-electron chi connectivity index (χ0n) is 13.8. The van der Waals surface area contributed by atoms with E-state index in [0.717, 1.165) is 11.3 Å². The Labute approximate surface area is 150 Å². The summed E-state index contributed by atoms with van der Waals surface area (Å²) in [5, 5.41) is 6.47. The minimum absolute atomic E-state index is 0.110. The Morgan fingerprint density at radius 1 is 1.40 bits per heavy atom. The molecule has 1 fully saturated rings. The van der Waals surface area contributed by atoms with Gasteiger partial charge in [-0.05, 0) is 17.9 Å². The largest absolute Gasteiger partial charge is 0.383 e. The highest BCUT2D eigenvalue weighted by Crippen LogP contribution is 2.25. The molecule has 9 nitrogen and oxygen atoms in total. The van der Waals surface area contributed by atoms with Crippen molar-refractivity contribution in [2.45, 2.75) is 16.9 Å². The third-order valence-electron chi connectivity index (χ3n) is 3.45. The molecule has 2 heterocycles. The van der Waals surface area contributed by atoms with Crippen molar-refractivity contribution in [2.75, 3.05) is 40.0 Å². The highest BCUT2D eigenvalue weighted by molar-refractivity contribution is 7.91. The third kappa shape index (κ3) is 5.22. The maximum atomic E-state index is 12.7. The molecule has 0 saturated carbocycles. The quantitative estimate of drug-likeness (QED) is 0.472. The molecule has 25 heavy (non-hydrogen) atoms. The van der Waals surface area contributed by atoms with Crippen LogP contribution in [0.4, 0.5) is 0 Å². The Kier molecular flexibility index (Phi) is 7.32. The van der Waals surface area contributed by atoms with Gasteiger partial charge in [0.15, 0.2) is 0 Å². The molecule has 0 bridgehead atoms. The van der Waals surface area contributed by atoms with Gasteiger partial charge in [-0.3, -0.25) is 9.59 Å². The minimum atomic E-state index is -3.70. The molecule has 0 spiro atoms. The molecule has 2 amide bonds. The van der Waals surface area contributed by atoms with E-state index in [2.05, 4.69) is 10.6 Å². The van der Waals surface area contributed by atoms with E-state index >= 15 is 0 Å². The molecule has 2 N–H and O–H groups in total. The summed E-state index contributed by atoms with van der Waals surface area (Å²) in [6, 6.07) is 3.18. The van der Waals surface area contributed by atoms with Crippen LogP contribution in [-0.2, 0) is 29.1 Å². The number of carbonyl (C=O) groups is 2. The van der Waals surface area contributed by atoms with Crippen molar-refractivity contribution in [3.63, 3.8) is 0 Å². The molecule has 140 valence electrons. The molecule has 0 aromatic carbocycles. The Bertz CT molecular complexity index is 677. The van der Waals surface area contributed by atoms with E-state index in [1.165, 1.54) is 17.5 Å². The number of thiophene rings is 1. The smallest absolute Gasteiger partial charge is 0.309 e. The maximum Gasteiger partial charge on any atom is 0.309 e. The monoisotopic (exact) mass is 391 g/mol. The molecule has 1 saturated heterocycles. The van der Waals surface area contributed by atoms with Gasteiger partial charge in [0.25, 0.3) is 10.0 Å². The van der Waals surface area contributed by atoms with Crippen LogP contribution in [0.15, 0.2) is 21.7 Å². The molecule has 1 aromatic rings. The second kappa shape index (κ2) is 9.25. The van der Waals surface area contributed by atoms with Crippen molar-refractivity contribution in [1.82, 2.24) is 14.9 Å². The second-order valence-corrected chi connectivity index (χ2v) is 8.25. The first-order valence-electron chi connectivity index (χ1n) is 7.68. The van der Waals surface area contributed by atoms with Gasteiger partial charge in [-0.1, -0.05) is 6.07 Å². The lowest BCUT2D eigenvalue weighted by molar-refractivity contribution is -0.140. The van der Waals surface area contributed by atoms with E-state index in [4.69, 9.17) is 9.47 Å². The molecule has 0 unspecified atom stereocenters. The van der Waals surface area contributed by atoms with E-state index in [1.54, 1.807) is 11.4 Å². The summed E-state index contributed by atoms with van der Waals surface area (Å²) in [4.78, 5) is 23.4. The van der Waals surface area contributed by atoms with Crippen LogP contribution < -0.4 is 10.6 Å². The van der Waals surface area contributed by atoms with Crippen molar-refractivity contribution >= 4 is 33.2 Å². The Morgan fingerprint density at radius 3 is 2.84 bits per heavy atom. The molecule has 2 rings (SSSR count). The van der Waals surface area contributed by atoms with Gasteiger partial charge in [0, 0.05) is 20.2 Å². The standard InChI is InChI=1S/C14H21N3O6S2/c1-22-8-5-15-13(18)14(19)16-10-11-17(6-3-7-23-11)25(20,21)12-4-2-9-24-12/h2,4,9,11H,3,5-8,10H2,1H3,(H,15,18)(H,16,19)/t11-/m0/s1. The normalized spacial score (nSPS) is 18.7. The van der Waals surface area contributed by atoms with E-state index in [9.17, 15) is 18.0 Å². The van der Waals surface area contributed by atoms with Gasteiger partial charge in [0.05, 0.1) is 19.8 Å². The number of carbonyl (C=O) groups excluding carboxylic acids is 2. The van der Waals surface area contributed by atoms with Crippen molar-refractivity contribution in [3.8, 4) is 0 Å². The summed E-state index contributed by atoms with van der Waals surface area (Å²) < 4.78 is 37.0. The number of nitrogens with one attached hydrogen (secondary N) is 2. The van der Waals surface area contributed by atoms with Crippen LogP contribution in [0, 0.1) is 0 Å². The topological polar surface area (TPSA) is 114 Å². The molecular formula is C14H21N3O6S2. The van der Waals surface area contributed by atoms with Crippen LogP contribution in [0.2, 0.25) is 0 Å². The number of methoxy groups -OCH3 is 1. The number of nitrogens with zero attached hydrogens (tertiary/aromatic N) is 1. The molecule has 1 aliphatic rings. The first-order valence-corrected chi connectivity index (χ1v) is 10.0. The fraction of sp³-hybridized carbons (Fsp3) is 0.571. The second-order valence-electron chi connectivity index (χ2n) is 5.19. The lowest BCUT2D eigenvalue weighted by Crippen LogP contribution is -2.53. The van der Waals surface area contributed by atoms with Crippen LogP contribution in [0.5, 0.6) is 0 Å². The van der Waals surface area contributed by atoms with Gasteiger partial charge < -0.3 is 20.1 Å². The molecule has 1 aliphatic heterocycles. The lowest BCUT2D eigenvalue weighted by Gasteiger charge is -2.34. The molecule has 1 aromatic heterocycles. The average molecular weight is 391 g/mol. The molecule has 11 heteroatoms. The minimum Gasteiger partial charge on any atom is -0.383 e. The van der Waals surface area contributed by atoms with Crippen LogP contribution in [0.25, 0.3) is 0 Å². The van der Waals surface area contributed by atoms with E-state index in [-0.39, 0.29) is 23.9 Å². The predicted octanol–water partition coefficient (Wildman–Crippen LogP) is -0.636. The third-order valence-corrected chi connectivity index (χ3v) is 6.71. The number of hydrogen-bond acceptors (Lipinski definition) is 7. The highest BCUT2D eigenvalue weighted by atomic mass is 32.2. The van der Waals surface area contributed by atoms with Crippen molar-refractivity contribution < 1.29 is 27.5 Å². The highest BCUT2D eigenvalue weighted by Gasteiger charge is 2.35. The lowest BCUT2D eigenvalue weighted by atomic mass is 10.3. The van der Waals surface area contributed by atoms with Crippen LogP contribution in [-0.4, -0.2) is 70.7 Å². The SMILES string of the molecule is COCCNC(=O)C(=O)NC[C@@H]1OCCCN1S(=O)(=O)c1cccs1. The van der Waals surface area contributed by atoms with Crippen molar-refractivity contribution in [2.24, 2.45) is 0 Å². The van der Waals surface area contributed by atoms with E-state index in [1.807, 2.05) is 0 Å². The zero-order chi connectivity index (χ0) is 18.3. The summed E-state index contributed by atoms with van der Waals surface area (Å²) in [5.41, 5.74) is 0. The number of hydrogen-bond donors (Lipinski definition) is 2. The Balaban J connectivity index is 1.95. The maximum absolute atomic E-state index is 12.7. The summed E-state index contributed by atoms with van der Waals surface area (Å²) >= 11 is 1.12. The Morgan fingerprint density at radius 2 is 2.16 bits per heavy atom. The summed E-state index contributed by atoms with van der Waals surface area (Å²) in [6.45, 7) is 1.07. The Hall–Kier alpha value is -1.53. The molecule has 0 radical (unpaired) electrons. The molecular weight excluding hydrogens is 370 g/mol. The van der Waals surface area contributed by atoms with E-state index < -0.39 is 28.1 Å². The van der Waals surface area contributed by atoms with Gasteiger partial charge in [-0.15, -0.1) is 11.3 Å². The van der Waals surface area contributed by atoms with Crippen molar-refractivity contribution in [1.29, 1.82) is 0 Å². The summed E-state index contributed by atoms with van der Waals surface area (Å²) in [6.07, 6.45) is -0.288. The number of rotatable bonds is 7. The average Bonchev–Trinajstić information content (AvgIpc) is 3.15. The zero-order valence-corrected chi connectivity index (χ0v) is 15.4. The van der Waals surface area contributed by atoms with Gasteiger partial charge >= 0.3 is 11.8 Å². The van der Waals surface area contributed by atoms with Gasteiger partial charge in [0.2, 0.25) is 0 Å². The number of sulfonamides is 1.